The molecule has 1 heterocycles. The summed E-state index contributed by atoms with van der Waals surface area (Å²) in [6.07, 6.45) is 3.82. The van der Waals surface area contributed by atoms with E-state index in [1.807, 2.05) is 25.5 Å². The van der Waals surface area contributed by atoms with E-state index in [1.165, 1.54) is 5.56 Å². The van der Waals surface area contributed by atoms with Crippen molar-refractivity contribution in [1.82, 2.24) is 14.5 Å². The molecule has 0 aliphatic rings. The Morgan fingerprint density at radius 2 is 2.00 bits per heavy atom. The van der Waals surface area contributed by atoms with E-state index in [2.05, 4.69) is 38.7 Å². The molecule has 0 radical (unpaired) electrons. The largest absolute Gasteiger partial charge is 0.383 e. The van der Waals surface area contributed by atoms with Crippen LogP contribution in [0.1, 0.15) is 11.4 Å². The fraction of sp³-hybridized carbons (Fsp3) is 0.400. The van der Waals surface area contributed by atoms with Crippen molar-refractivity contribution in [2.45, 2.75) is 13.1 Å². The van der Waals surface area contributed by atoms with Gasteiger partial charge in [-0.1, -0.05) is 30.3 Å². The van der Waals surface area contributed by atoms with Crippen LogP contribution in [0.25, 0.3) is 0 Å². The maximum absolute atomic E-state index is 5.19. The number of methoxy groups -OCH3 is 1. The third-order valence-corrected chi connectivity index (χ3v) is 3.15. The van der Waals surface area contributed by atoms with Gasteiger partial charge < -0.3 is 9.30 Å². The van der Waals surface area contributed by atoms with E-state index in [0.29, 0.717) is 0 Å². The number of aryl methyl sites for hydroxylation is 1. The van der Waals surface area contributed by atoms with E-state index in [1.54, 1.807) is 7.11 Å². The first-order valence-corrected chi connectivity index (χ1v) is 6.51. The Morgan fingerprint density at radius 3 is 2.63 bits per heavy atom. The number of ether oxygens (including phenoxy) is 1. The van der Waals surface area contributed by atoms with E-state index in [9.17, 15) is 0 Å². The molecule has 1 aromatic heterocycles. The van der Waals surface area contributed by atoms with Crippen molar-refractivity contribution in [2.75, 3.05) is 20.3 Å². The fourth-order valence-corrected chi connectivity index (χ4v) is 2.02. The maximum atomic E-state index is 5.19. The van der Waals surface area contributed by atoms with Crippen LogP contribution in [-0.4, -0.2) is 34.7 Å². The summed E-state index contributed by atoms with van der Waals surface area (Å²) in [5, 5.41) is 0. The molecule has 102 valence electrons. The first-order chi connectivity index (χ1) is 9.29. The number of aromatic nitrogens is 2. The Hall–Kier alpha value is -1.65. The lowest BCUT2D eigenvalue weighted by molar-refractivity contribution is 0.138. The molecule has 0 aliphatic carbocycles. The highest BCUT2D eigenvalue weighted by Gasteiger charge is 2.09. The minimum absolute atomic E-state index is 0.733. The number of imidazole rings is 1. The Labute approximate surface area is 114 Å². The van der Waals surface area contributed by atoms with Gasteiger partial charge in [0.25, 0.3) is 0 Å². The SMILES string of the molecule is COCCN(Cc1ccccc1)Cc1nccn1C. The minimum Gasteiger partial charge on any atom is -0.383 e. The predicted octanol–water partition coefficient (Wildman–Crippen LogP) is 2.07. The number of nitrogens with zero attached hydrogens (tertiary/aromatic N) is 3. The topological polar surface area (TPSA) is 30.3 Å². The summed E-state index contributed by atoms with van der Waals surface area (Å²) < 4.78 is 7.25. The lowest BCUT2D eigenvalue weighted by atomic mass is 10.2. The highest BCUT2D eigenvalue weighted by Crippen LogP contribution is 2.08. The summed E-state index contributed by atoms with van der Waals surface area (Å²) in [7, 11) is 3.76. The van der Waals surface area contributed by atoms with Gasteiger partial charge in [-0.2, -0.15) is 0 Å². The summed E-state index contributed by atoms with van der Waals surface area (Å²) >= 11 is 0. The lowest BCUT2D eigenvalue weighted by Gasteiger charge is -2.21. The van der Waals surface area contributed by atoms with Crippen LogP contribution in [-0.2, 0) is 24.9 Å². The maximum Gasteiger partial charge on any atom is 0.122 e. The molecule has 0 fully saturated rings. The van der Waals surface area contributed by atoms with Crippen LogP contribution in [0.2, 0.25) is 0 Å². The minimum atomic E-state index is 0.733. The van der Waals surface area contributed by atoms with Crippen LogP contribution in [0.4, 0.5) is 0 Å². The molecule has 0 saturated heterocycles. The molecule has 0 N–H and O–H groups in total. The van der Waals surface area contributed by atoms with Crippen LogP contribution >= 0.6 is 0 Å². The van der Waals surface area contributed by atoms with Gasteiger partial charge in [0.1, 0.15) is 5.82 Å². The number of hydrogen-bond donors (Lipinski definition) is 0. The molecule has 4 nitrogen and oxygen atoms in total. The van der Waals surface area contributed by atoms with E-state index >= 15 is 0 Å². The van der Waals surface area contributed by atoms with Gasteiger partial charge in [0.15, 0.2) is 0 Å². The van der Waals surface area contributed by atoms with E-state index in [4.69, 9.17) is 4.74 Å². The van der Waals surface area contributed by atoms with E-state index in [-0.39, 0.29) is 0 Å². The predicted molar refractivity (Wildman–Crippen MR) is 75.6 cm³/mol. The summed E-state index contributed by atoms with van der Waals surface area (Å²) in [5.74, 6) is 1.08. The van der Waals surface area contributed by atoms with Crippen molar-refractivity contribution in [2.24, 2.45) is 7.05 Å². The molecule has 1 aromatic carbocycles. The molecular formula is C15H21N3O. The van der Waals surface area contributed by atoms with Gasteiger partial charge in [-0.25, -0.2) is 4.98 Å². The second-order valence-electron chi connectivity index (χ2n) is 4.64. The van der Waals surface area contributed by atoms with E-state index < -0.39 is 0 Å². The summed E-state index contributed by atoms with van der Waals surface area (Å²) in [6.45, 7) is 3.38. The molecule has 2 aromatic rings. The Balaban J connectivity index is 2.01. The molecule has 4 heteroatoms. The van der Waals surface area contributed by atoms with E-state index in [0.717, 1.165) is 32.1 Å². The second kappa shape index (κ2) is 7.07. The second-order valence-corrected chi connectivity index (χ2v) is 4.64. The van der Waals surface area contributed by atoms with Crippen LogP contribution in [0, 0.1) is 0 Å². The number of hydrogen-bond acceptors (Lipinski definition) is 3. The molecule has 0 bridgehead atoms. The zero-order chi connectivity index (χ0) is 13.5. The normalized spacial score (nSPS) is 11.1. The number of benzene rings is 1. The van der Waals surface area contributed by atoms with Gasteiger partial charge in [-0.15, -0.1) is 0 Å². The summed E-state index contributed by atoms with van der Waals surface area (Å²) in [4.78, 5) is 6.73. The van der Waals surface area contributed by atoms with Crippen molar-refractivity contribution in [3.8, 4) is 0 Å². The molecule has 0 saturated carbocycles. The van der Waals surface area contributed by atoms with Gasteiger partial charge >= 0.3 is 0 Å². The van der Waals surface area contributed by atoms with Crippen LogP contribution in [0.5, 0.6) is 0 Å². The third kappa shape index (κ3) is 4.19. The van der Waals surface area contributed by atoms with Crippen molar-refractivity contribution in [3.05, 3.63) is 54.1 Å². The van der Waals surface area contributed by atoms with Crippen LogP contribution in [0.3, 0.4) is 0 Å². The monoisotopic (exact) mass is 259 g/mol. The lowest BCUT2D eigenvalue weighted by Crippen LogP contribution is -2.27. The van der Waals surface area contributed by atoms with Gasteiger partial charge in [0.05, 0.1) is 13.2 Å². The average molecular weight is 259 g/mol. The van der Waals surface area contributed by atoms with Crippen molar-refractivity contribution in [1.29, 1.82) is 0 Å². The third-order valence-electron chi connectivity index (χ3n) is 3.15. The molecule has 0 aliphatic heterocycles. The molecule has 19 heavy (non-hydrogen) atoms. The zero-order valence-electron chi connectivity index (χ0n) is 11.6. The summed E-state index contributed by atoms with van der Waals surface area (Å²) in [6, 6.07) is 10.5. The average Bonchev–Trinajstić information content (AvgIpc) is 2.83. The Morgan fingerprint density at radius 1 is 1.21 bits per heavy atom. The molecule has 0 unspecified atom stereocenters. The Kier molecular flexibility index (Phi) is 5.12. The van der Waals surface area contributed by atoms with Crippen LogP contribution < -0.4 is 0 Å². The van der Waals surface area contributed by atoms with Gasteiger partial charge in [-0.3, -0.25) is 4.90 Å². The standard InChI is InChI=1S/C15H21N3O/c1-17-9-8-16-15(17)13-18(10-11-19-2)12-14-6-4-3-5-7-14/h3-9H,10-13H2,1-2H3. The smallest absolute Gasteiger partial charge is 0.122 e. The first kappa shape index (κ1) is 13.8. The zero-order valence-corrected chi connectivity index (χ0v) is 11.6. The number of rotatable bonds is 7. The molecule has 0 atom stereocenters. The van der Waals surface area contributed by atoms with Gasteiger partial charge in [0, 0.05) is 39.6 Å². The van der Waals surface area contributed by atoms with Gasteiger partial charge in [-0.05, 0) is 5.56 Å². The van der Waals surface area contributed by atoms with Crippen LogP contribution in [0.15, 0.2) is 42.7 Å². The highest BCUT2D eigenvalue weighted by atomic mass is 16.5. The van der Waals surface area contributed by atoms with Crippen molar-refractivity contribution >= 4 is 0 Å². The quantitative estimate of drug-likeness (QED) is 0.762. The van der Waals surface area contributed by atoms with Gasteiger partial charge in [0.2, 0.25) is 0 Å². The molecular weight excluding hydrogens is 238 g/mol. The summed E-state index contributed by atoms with van der Waals surface area (Å²) in [5.41, 5.74) is 1.31. The molecule has 0 spiro atoms. The molecule has 2 rings (SSSR count). The molecule has 0 amide bonds. The van der Waals surface area contributed by atoms with Crippen molar-refractivity contribution < 1.29 is 4.74 Å². The highest BCUT2D eigenvalue weighted by molar-refractivity contribution is 5.14. The van der Waals surface area contributed by atoms with Crippen molar-refractivity contribution in [3.63, 3.8) is 0 Å². The fourth-order valence-electron chi connectivity index (χ4n) is 2.02. The first-order valence-electron chi connectivity index (χ1n) is 6.51. The Bertz CT molecular complexity index is 481.